The molecule has 0 atom stereocenters. The lowest BCUT2D eigenvalue weighted by Gasteiger charge is -2.23. The van der Waals surface area contributed by atoms with Crippen LogP contribution in [0.25, 0.3) is 0 Å². The van der Waals surface area contributed by atoms with Gasteiger partial charge in [0.05, 0.1) is 21.1 Å². The zero-order chi connectivity index (χ0) is 9.78. The predicted octanol–water partition coefficient (Wildman–Crippen LogP) is 0.821. The minimum Gasteiger partial charge on any atom is -0.442 e. The van der Waals surface area contributed by atoms with Crippen LogP contribution in [0.3, 0.4) is 0 Å². The average Bonchev–Trinajstić information content (AvgIpc) is 1.84. The Morgan fingerprint density at radius 2 is 1.92 bits per heavy atom. The molecule has 0 aromatic carbocycles. The Balaban J connectivity index is 3.51. The molecule has 0 aliphatic heterocycles. The van der Waals surface area contributed by atoms with Crippen molar-refractivity contribution in [3.63, 3.8) is 0 Å². The third-order valence-electron chi connectivity index (χ3n) is 1.15. The molecule has 0 unspecified atom stereocenters. The first-order chi connectivity index (χ1) is 5.33. The minimum absolute atomic E-state index is 0.375. The number of hydrogen-bond acceptors (Lipinski definition) is 4. The van der Waals surface area contributed by atoms with Gasteiger partial charge >= 0.3 is 6.09 Å². The second-order valence-corrected chi connectivity index (χ2v) is 4.53. The van der Waals surface area contributed by atoms with Gasteiger partial charge in [0.2, 0.25) is 0 Å². The van der Waals surface area contributed by atoms with Crippen LogP contribution in [-0.2, 0) is 4.74 Å². The molecule has 1 amide bonds. The summed E-state index contributed by atoms with van der Waals surface area (Å²) in [6, 6.07) is 0. The van der Waals surface area contributed by atoms with Gasteiger partial charge in [-0.1, -0.05) is 0 Å². The number of carbonyl (C=O) groups excluding carboxylic acids is 1. The molecule has 0 saturated heterocycles. The summed E-state index contributed by atoms with van der Waals surface area (Å²) < 4.78 is 6.37. The third kappa shape index (κ3) is 6.63. The van der Waals surface area contributed by atoms with Gasteiger partial charge in [-0.3, -0.25) is 0 Å². The molecule has 0 heterocycles. The van der Waals surface area contributed by atoms with E-state index in [0.29, 0.717) is 6.61 Å². The SMILES string of the molecule is C[N+](C)(C)CCOC(=O)N(S)S. The molecule has 0 bridgehead atoms. The zero-order valence-corrected chi connectivity index (χ0v) is 9.31. The van der Waals surface area contributed by atoms with E-state index in [2.05, 4.69) is 25.6 Å². The first-order valence-corrected chi connectivity index (χ1v) is 4.28. The van der Waals surface area contributed by atoms with Crippen LogP contribution in [0.2, 0.25) is 0 Å². The van der Waals surface area contributed by atoms with Crippen molar-refractivity contribution in [1.29, 1.82) is 0 Å². The monoisotopic (exact) mass is 211 g/mol. The molecule has 0 N–H and O–H groups in total. The Bertz CT molecular complexity index is 156. The summed E-state index contributed by atoms with van der Waals surface area (Å²) in [5, 5.41) is 0. The molecule has 0 aromatic heterocycles. The predicted molar refractivity (Wildman–Crippen MR) is 54.1 cm³/mol. The number of quaternary nitrogens is 1. The van der Waals surface area contributed by atoms with Crippen LogP contribution in [0.4, 0.5) is 4.79 Å². The van der Waals surface area contributed by atoms with Crippen LogP contribution in [0.15, 0.2) is 0 Å². The molecule has 0 aliphatic rings. The second kappa shape index (κ2) is 4.84. The van der Waals surface area contributed by atoms with Crippen LogP contribution in [-0.4, -0.2) is 48.6 Å². The van der Waals surface area contributed by atoms with Crippen LogP contribution < -0.4 is 0 Å². The lowest BCUT2D eigenvalue weighted by molar-refractivity contribution is -0.870. The van der Waals surface area contributed by atoms with E-state index in [1.807, 2.05) is 21.1 Å². The fourth-order valence-corrected chi connectivity index (χ4v) is 0.580. The van der Waals surface area contributed by atoms with E-state index < -0.39 is 6.09 Å². The second-order valence-electron chi connectivity index (χ2n) is 3.42. The number of amides is 1. The fraction of sp³-hybridized carbons (Fsp3) is 0.833. The minimum atomic E-state index is -0.546. The number of likely N-dealkylation sites (N-methyl/N-ethyl adjacent to an activating group) is 1. The van der Waals surface area contributed by atoms with Crippen molar-refractivity contribution in [1.82, 2.24) is 3.71 Å². The molecule has 0 fully saturated rings. The van der Waals surface area contributed by atoms with Gasteiger partial charge in [0.25, 0.3) is 0 Å². The number of carbonyl (C=O) groups is 1. The highest BCUT2D eigenvalue weighted by molar-refractivity contribution is 7.94. The van der Waals surface area contributed by atoms with Gasteiger partial charge in [0, 0.05) is 0 Å². The number of rotatable bonds is 3. The molecule has 72 valence electrons. The highest BCUT2D eigenvalue weighted by atomic mass is 32.2. The number of thiol groups is 2. The molecule has 0 rings (SSSR count). The van der Waals surface area contributed by atoms with Crippen molar-refractivity contribution in [2.45, 2.75) is 0 Å². The van der Waals surface area contributed by atoms with Gasteiger partial charge in [-0.25, -0.2) is 4.79 Å². The normalized spacial score (nSPS) is 11.1. The van der Waals surface area contributed by atoms with Crippen LogP contribution in [0, 0.1) is 0 Å². The quantitative estimate of drug-likeness (QED) is 0.535. The molecule has 0 aromatic rings. The highest BCUT2D eigenvalue weighted by Crippen LogP contribution is 2.01. The fourth-order valence-electron chi connectivity index (χ4n) is 0.465. The van der Waals surface area contributed by atoms with E-state index in [-0.39, 0.29) is 0 Å². The van der Waals surface area contributed by atoms with E-state index >= 15 is 0 Å². The zero-order valence-electron chi connectivity index (χ0n) is 7.52. The summed E-state index contributed by atoms with van der Waals surface area (Å²) >= 11 is 7.31. The molecule has 6 heteroatoms. The Morgan fingerprint density at radius 3 is 2.25 bits per heavy atom. The summed E-state index contributed by atoms with van der Waals surface area (Å²) in [6.45, 7) is 1.14. The van der Waals surface area contributed by atoms with Gasteiger partial charge in [-0.2, -0.15) is 3.71 Å². The molecule has 4 nitrogen and oxygen atoms in total. The summed E-state index contributed by atoms with van der Waals surface area (Å²) in [4.78, 5) is 10.8. The van der Waals surface area contributed by atoms with Crippen LogP contribution in [0.5, 0.6) is 0 Å². The van der Waals surface area contributed by atoms with Gasteiger partial charge in [0.1, 0.15) is 13.2 Å². The van der Waals surface area contributed by atoms with Gasteiger partial charge in [-0.05, 0) is 25.6 Å². The largest absolute Gasteiger partial charge is 0.442 e. The van der Waals surface area contributed by atoms with Crippen molar-refractivity contribution in [2.75, 3.05) is 34.3 Å². The van der Waals surface area contributed by atoms with Gasteiger partial charge in [-0.15, -0.1) is 0 Å². The summed E-state index contributed by atoms with van der Waals surface area (Å²) in [6.07, 6.45) is -0.546. The Morgan fingerprint density at radius 1 is 1.42 bits per heavy atom. The molecule has 12 heavy (non-hydrogen) atoms. The van der Waals surface area contributed by atoms with E-state index in [1.165, 1.54) is 0 Å². The standard InChI is InChI=1S/C6H15N2O2S2/c1-8(2,3)4-5-10-6(9)7(11)12/h11-12H,4-5H2,1-3H3/q+1. The Hall–Kier alpha value is -0.0700. The maximum absolute atomic E-state index is 10.8. The maximum Gasteiger partial charge on any atom is 0.430 e. The first kappa shape index (κ1) is 11.9. The smallest absolute Gasteiger partial charge is 0.430 e. The van der Waals surface area contributed by atoms with Crippen molar-refractivity contribution in [3.8, 4) is 0 Å². The number of hydrogen-bond donors (Lipinski definition) is 2. The molecular formula is C6H15N2O2S2+. The van der Waals surface area contributed by atoms with Gasteiger partial charge < -0.3 is 9.22 Å². The Labute approximate surface area is 84.1 Å². The Kier molecular flexibility index (Phi) is 4.81. The summed E-state index contributed by atoms with van der Waals surface area (Å²) in [7, 11) is 6.06. The van der Waals surface area contributed by atoms with Gasteiger partial charge in [0.15, 0.2) is 0 Å². The maximum atomic E-state index is 10.8. The topological polar surface area (TPSA) is 29.5 Å². The molecular weight excluding hydrogens is 196 g/mol. The molecule has 0 radical (unpaired) electrons. The molecule has 0 spiro atoms. The average molecular weight is 211 g/mol. The third-order valence-corrected chi connectivity index (χ3v) is 1.48. The van der Waals surface area contributed by atoms with Crippen molar-refractivity contribution in [2.24, 2.45) is 0 Å². The highest BCUT2D eigenvalue weighted by Gasteiger charge is 2.10. The van der Waals surface area contributed by atoms with E-state index in [0.717, 1.165) is 14.7 Å². The van der Waals surface area contributed by atoms with Crippen molar-refractivity contribution < 1.29 is 14.0 Å². The number of ether oxygens (including phenoxy) is 1. The van der Waals surface area contributed by atoms with Crippen molar-refractivity contribution in [3.05, 3.63) is 0 Å². The molecule has 0 saturated carbocycles. The molecule has 0 aliphatic carbocycles. The van der Waals surface area contributed by atoms with Crippen LogP contribution >= 0.6 is 25.6 Å². The number of nitrogens with zero attached hydrogens (tertiary/aromatic N) is 2. The summed E-state index contributed by atoms with van der Waals surface area (Å²) in [5.41, 5.74) is 0. The lowest BCUT2D eigenvalue weighted by Crippen LogP contribution is -2.38. The van der Waals surface area contributed by atoms with E-state index in [1.54, 1.807) is 0 Å². The summed E-state index contributed by atoms with van der Waals surface area (Å²) in [5.74, 6) is 0. The lowest BCUT2D eigenvalue weighted by atomic mass is 10.5. The van der Waals surface area contributed by atoms with Crippen molar-refractivity contribution >= 4 is 31.7 Å². The van der Waals surface area contributed by atoms with E-state index in [9.17, 15) is 4.79 Å². The first-order valence-electron chi connectivity index (χ1n) is 3.48. The van der Waals surface area contributed by atoms with E-state index in [4.69, 9.17) is 4.74 Å². The van der Waals surface area contributed by atoms with Crippen LogP contribution in [0.1, 0.15) is 0 Å².